The Hall–Kier alpha value is -2.10. The number of rotatable bonds is 2. The van der Waals surface area contributed by atoms with Gasteiger partial charge in [0, 0.05) is 0 Å². The van der Waals surface area contributed by atoms with Crippen LogP contribution in [0.15, 0.2) is 6.33 Å². The van der Waals surface area contributed by atoms with Crippen molar-refractivity contribution in [1.82, 2.24) is 19.5 Å². The lowest BCUT2D eigenvalue weighted by atomic mass is 9.93. The molecule has 134 valence electrons. The highest BCUT2D eigenvalue weighted by Gasteiger charge is 2.57. The molecule has 2 aromatic heterocycles. The fourth-order valence-corrected chi connectivity index (χ4v) is 3.07. The van der Waals surface area contributed by atoms with Crippen molar-refractivity contribution in [2.45, 2.75) is 37.1 Å². The number of aromatic nitrogens is 4. The molecule has 3 rings (SSSR count). The van der Waals surface area contributed by atoms with Crippen LogP contribution in [0.3, 0.4) is 0 Å². The van der Waals surface area contributed by atoms with Crippen molar-refractivity contribution < 1.29 is 24.4 Å². The first-order valence-corrected chi connectivity index (χ1v) is 7.72. The zero-order valence-electron chi connectivity index (χ0n) is 13.0. The van der Waals surface area contributed by atoms with Crippen LogP contribution >= 0.6 is 12.2 Å². The third-order valence-corrected chi connectivity index (χ3v) is 4.26. The average molecular weight is 369 g/mol. The monoisotopic (exact) mass is 369 g/mol. The predicted molar refractivity (Wildman–Crippen MR) is 87.4 cm³/mol. The van der Waals surface area contributed by atoms with Gasteiger partial charge < -0.3 is 30.8 Å². The van der Waals surface area contributed by atoms with E-state index in [0.717, 1.165) is 0 Å². The van der Waals surface area contributed by atoms with Crippen molar-refractivity contribution in [3.8, 4) is 11.8 Å². The summed E-state index contributed by atoms with van der Waals surface area (Å²) >= 11 is 5.09. The fourth-order valence-electron chi connectivity index (χ4n) is 2.82. The Morgan fingerprint density at radius 3 is 3.00 bits per heavy atom. The highest BCUT2D eigenvalue weighted by Crippen LogP contribution is 2.40. The Bertz CT molecular complexity index is 919. The van der Waals surface area contributed by atoms with Gasteiger partial charge in [0.1, 0.15) is 30.0 Å². The molecule has 0 bridgehead atoms. The van der Waals surface area contributed by atoms with E-state index in [1.807, 2.05) is 0 Å². The number of hydrogen-bond acceptors (Lipinski definition) is 8. The summed E-state index contributed by atoms with van der Waals surface area (Å²) in [7, 11) is 0. The second-order valence-electron chi connectivity index (χ2n) is 5.68. The normalized spacial score (nSPS) is 30.2. The SMILES string of the molecule is C[C@H](O)[C@H]1O[C@@H](n2cnc3c(=S)nc(N)[nH]c32)C(O)(C#CCF)[C@H]1O. The van der Waals surface area contributed by atoms with Gasteiger partial charge in [-0.2, -0.15) is 0 Å². The van der Waals surface area contributed by atoms with Gasteiger partial charge in [0.15, 0.2) is 22.4 Å². The van der Waals surface area contributed by atoms with E-state index in [-0.39, 0.29) is 16.2 Å². The number of fused-ring (bicyclic) bond motifs is 1. The molecule has 9 nitrogen and oxygen atoms in total. The van der Waals surface area contributed by atoms with Crippen LogP contribution in [0.2, 0.25) is 0 Å². The summed E-state index contributed by atoms with van der Waals surface area (Å²) in [5.41, 5.74) is 4.05. The lowest BCUT2D eigenvalue weighted by Gasteiger charge is -2.26. The highest BCUT2D eigenvalue weighted by molar-refractivity contribution is 7.71. The lowest BCUT2D eigenvalue weighted by molar-refractivity contribution is -0.0847. The minimum atomic E-state index is -2.19. The summed E-state index contributed by atoms with van der Waals surface area (Å²) in [5.74, 6) is 4.39. The molecule has 5 atom stereocenters. The quantitative estimate of drug-likeness (QED) is 0.349. The third kappa shape index (κ3) is 2.78. The first kappa shape index (κ1) is 17.7. The molecule has 11 heteroatoms. The zero-order valence-corrected chi connectivity index (χ0v) is 13.9. The molecule has 1 fully saturated rings. The molecular weight excluding hydrogens is 353 g/mol. The van der Waals surface area contributed by atoms with E-state index in [2.05, 4.69) is 26.8 Å². The maximum atomic E-state index is 12.5. The lowest BCUT2D eigenvalue weighted by Crippen LogP contribution is -2.47. The maximum absolute atomic E-state index is 12.5. The van der Waals surface area contributed by atoms with E-state index in [1.54, 1.807) is 0 Å². The largest absolute Gasteiger partial charge is 0.391 e. The molecule has 1 aliphatic heterocycles. The fraction of sp³-hybridized carbons (Fsp3) is 0.500. The number of nitrogens with one attached hydrogen (secondary N) is 1. The first-order chi connectivity index (χ1) is 11.8. The molecule has 1 saturated heterocycles. The van der Waals surface area contributed by atoms with Crippen molar-refractivity contribution in [2.75, 3.05) is 12.4 Å². The van der Waals surface area contributed by atoms with Gasteiger partial charge >= 0.3 is 0 Å². The summed E-state index contributed by atoms with van der Waals surface area (Å²) in [4.78, 5) is 10.7. The van der Waals surface area contributed by atoms with Gasteiger partial charge in [-0.1, -0.05) is 24.1 Å². The van der Waals surface area contributed by atoms with Crippen LogP contribution in [0.25, 0.3) is 11.2 Å². The number of imidazole rings is 1. The summed E-state index contributed by atoms with van der Waals surface area (Å²) in [6.45, 7) is 0.367. The second kappa shape index (κ2) is 6.32. The maximum Gasteiger partial charge on any atom is 0.200 e. The van der Waals surface area contributed by atoms with Crippen LogP contribution in [0.1, 0.15) is 13.2 Å². The Labute approximate surface area is 146 Å². The zero-order chi connectivity index (χ0) is 18.4. The van der Waals surface area contributed by atoms with Crippen LogP contribution < -0.4 is 5.73 Å². The van der Waals surface area contributed by atoms with E-state index in [4.69, 9.17) is 22.7 Å². The van der Waals surface area contributed by atoms with Gasteiger partial charge in [0.25, 0.3) is 0 Å². The molecule has 25 heavy (non-hydrogen) atoms. The minimum Gasteiger partial charge on any atom is -0.391 e. The molecule has 0 aromatic carbocycles. The summed E-state index contributed by atoms with van der Waals surface area (Å²) in [6.07, 6.45) is -3.85. The Kier molecular flexibility index (Phi) is 4.48. The predicted octanol–water partition coefficient (Wildman–Crippen LogP) is -0.586. The van der Waals surface area contributed by atoms with Crippen LogP contribution in [-0.2, 0) is 4.74 Å². The van der Waals surface area contributed by atoms with Gasteiger partial charge in [-0.3, -0.25) is 4.57 Å². The Balaban J connectivity index is 2.18. The Morgan fingerprint density at radius 2 is 2.36 bits per heavy atom. The standard InChI is InChI=1S/C14H16FN5O4S/c1-6(21)8-9(22)14(23,3-2-4-15)12(24-8)20-5-17-7-10(20)18-13(16)19-11(7)25/h5-6,8-9,12,21-23H,4H2,1H3,(H3,16,18,19,25)/t6-,8+,9-,12+,14?/m0/s1. The number of alkyl halides is 1. The van der Waals surface area contributed by atoms with E-state index >= 15 is 0 Å². The number of aliphatic hydroxyl groups is 3. The number of ether oxygens (including phenoxy) is 1. The van der Waals surface area contributed by atoms with Crippen molar-refractivity contribution in [3.05, 3.63) is 11.0 Å². The van der Waals surface area contributed by atoms with Crippen LogP contribution in [-0.4, -0.2) is 65.4 Å². The van der Waals surface area contributed by atoms with E-state index in [1.165, 1.54) is 17.8 Å². The summed E-state index contributed by atoms with van der Waals surface area (Å²) < 4.78 is 19.6. The number of hydrogen-bond donors (Lipinski definition) is 5. The molecule has 0 saturated carbocycles. The molecule has 3 heterocycles. The summed E-state index contributed by atoms with van der Waals surface area (Å²) in [6, 6.07) is 0. The van der Waals surface area contributed by atoms with Gasteiger partial charge in [-0.25, -0.2) is 14.4 Å². The van der Waals surface area contributed by atoms with Gasteiger partial charge in [0.2, 0.25) is 0 Å². The molecule has 0 aliphatic carbocycles. The molecule has 2 aromatic rings. The molecule has 0 spiro atoms. The second-order valence-corrected chi connectivity index (χ2v) is 6.06. The number of nitrogens with two attached hydrogens (primary N) is 1. The van der Waals surface area contributed by atoms with Crippen molar-refractivity contribution in [2.24, 2.45) is 0 Å². The minimum absolute atomic E-state index is 0.0169. The van der Waals surface area contributed by atoms with E-state index in [9.17, 15) is 19.7 Å². The van der Waals surface area contributed by atoms with Gasteiger partial charge in [-0.15, -0.1) is 0 Å². The van der Waals surface area contributed by atoms with Crippen molar-refractivity contribution >= 4 is 29.3 Å². The number of nitrogens with zero attached hydrogens (tertiary/aromatic N) is 3. The van der Waals surface area contributed by atoms with Crippen LogP contribution in [0.4, 0.5) is 10.3 Å². The molecule has 1 aliphatic rings. The summed E-state index contributed by atoms with van der Waals surface area (Å²) in [5, 5.41) is 31.1. The topological polar surface area (TPSA) is 142 Å². The average Bonchev–Trinajstić information content (AvgIpc) is 3.06. The molecule has 6 N–H and O–H groups in total. The highest BCUT2D eigenvalue weighted by atomic mass is 32.1. The molecule has 0 amide bonds. The van der Waals surface area contributed by atoms with E-state index < -0.39 is 36.8 Å². The molecule has 1 unspecified atom stereocenters. The van der Waals surface area contributed by atoms with Crippen LogP contribution in [0.5, 0.6) is 0 Å². The molecule has 0 radical (unpaired) electrons. The number of aromatic amines is 1. The number of H-pyrrole nitrogens is 1. The number of anilines is 1. The van der Waals surface area contributed by atoms with Crippen molar-refractivity contribution in [1.29, 1.82) is 0 Å². The number of nitrogen functional groups attached to an aromatic ring is 1. The van der Waals surface area contributed by atoms with E-state index in [0.29, 0.717) is 5.52 Å². The molecular formula is C14H16FN5O4S. The van der Waals surface area contributed by atoms with Gasteiger partial charge in [0.05, 0.1) is 12.4 Å². The Morgan fingerprint density at radius 1 is 1.64 bits per heavy atom. The van der Waals surface area contributed by atoms with Gasteiger partial charge in [-0.05, 0) is 6.92 Å². The van der Waals surface area contributed by atoms with Crippen LogP contribution in [0, 0.1) is 16.5 Å². The first-order valence-electron chi connectivity index (χ1n) is 7.32. The van der Waals surface area contributed by atoms with Crippen molar-refractivity contribution in [3.63, 3.8) is 0 Å². The third-order valence-electron chi connectivity index (χ3n) is 3.97. The number of halogens is 1. The smallest absolute Gasteiger partial charge is 0.200 e. The number of aliphatic hydroxyl groups excluding tert-OH is 2.